The van der Waals surface area contributed by atoms with Crippen LogP contribution >= 0.6 is 0 Å². The van der Waals surface area contributed by atoms with Crippen LogP contribution in [-0.4, -0.2) is 34.9 Å². The molecule has 0 spiro atoms. The lowest BCUT2D eigenvalue weighted by Gasteiger charge is -2.22. The maximum atomic E-state index is 12.6. The topological polar surface area (TPSA) is 69.6 Å². The third-order valence-electron chi connectivity index (χ3n) is 15.5. The van der Waals surface area contributed by atoms with Crippen LogP contribution in [0.4, 0.5) is 0 Å². The first-order valence-corrected chi connectivity index (χ1v) is 33.5. The fourth-order valence-electron chi connectivity index (χ4n) is 10.5. The summed E-state index contributed by atoms with van der Waals surface area (Å²) in [5, 5.41) is 23.4. The quantitative estimate of drug-likeness (QED) is 0.0420. The van der Waals surface area contributed by atoms with Gasteiger partial charge in [-0.25, -0.2) is 0 Å². The molecule has 4 heteroatoms. The van der Waals surface area contributed by atoms with Gasteiger partial charge in [-0.3, -0.25) is 4.79 Å². The van der Waals surface area contributed by atoms with Crippen LogP contribution in [0.2, 0.25) is 0 Å². The zero-order valence-corrected chi connectivity index (χ0v) is 50.1. The van der Waals surface area contributed by atoms with Crippen LogP contribution in [0.5, 0.6) is 0 Å². The molecule has 0 aromatic carbocycles. The van der Waals surface area contributed by atoms with Gasteiger partial charge in [0.2, 0.25) is 5.91 Å². The summed E-state index contributed by atoms with van der Waals surface area (Å²) in [5.41, 5.74) is 0. The highest BCUT2D eigenvalue weighted by Gasteiger charge is 2.20. The summed E-state index contributed by atoms with van der Waals surface area (Å²) >= 11 is 0. The number of hydrogen-bond acceptors (Lipinski definition) is 3. The highest BCUT2D eigenvalue weighted by Crippen LogP contribution is 2.19. The highest BCUT2D eigenvalue weighted by molar-refractivity contribution is 5.76. The molecule has 2 unspecified atom stereocenters. The standard InChI is InChI=1S/C70H131NO3/c1-3-5-7-9-11-13-15-17-19-21-23-25-27-29-30-31-32-33-34-35-36-37-38-39-40-42-44-46-48-50-52-54-56-58-60-62-64-66-70(74)71-68(67-72)69(73)65-63-61-59-57-55-53-51-49-47-45-43-41-28-26-24-22-20-18-16-14-12-10-8-6-4-2/h5,7,11,13,17,19,23,25,29-30,68-69,72-73H,3-4,6,8-10,12,14-16,18,20-22,24,26-28,31-67H2,1-2H3,(H,71,74)/b7-5-,13-11-,19-17-,25-23-,30-29-. The van der Waals surface area contributed by atoms with Gasteiger partial charge in [-0.15, -0.1) is 0 Å². The number of carbonyl (C=O) groups is 1. The van der Waals surface area contributed by atoms with Gasteiger partial charge in [0.05, 0.1) is 18.8 Å². The van der Waals surface area contributed by atoms with Crippen molar-refractivity contribution in [1.29, 1.82) is 0 Å². The number of rotatable bonds is 62. The van der Waals surface area contributed by atoms with E-state index in [1.165, 1.54) is 276 Å². The highest BCUT2D eigenvalue weighted by atomic mass is 16.3. The molecule has 3 N–H and O–H groups in total. The summed E-state index contributed by atoms with van der Waals surface area (Å²) in [6, 6.07) is -0.537. The summed E-state index contributed by atoms with van der Waals surface area (Å²) in [5.74, 6) is -0.0246. The van der Waals surface area contributed by atoms with E-state index in [1.807, 2.05) is 0 Å². The van der Waals surface area contributed by atoms with E-state index in [9.17, 15) is 15.0 Å². The lowest BCUT2D eigenvalue weighted by Crippen LogP contribution is -2.45. The summed E-state index contributed by atoms with van der Waals surface area (Å²) in [7, 11) is 0. The molecule has 0 aliphatic rings. The number of allylic oxidation sites excluding steroid dienone is 10. The van der Waals surface area contributed by atoms with Crippen LogP contribution < -0.4 is 5.32 Å². The van der Waals surface area contributed by atoms with Crippen molar-refractivity contribution in [3.8, 4) is 0 Å². The molecule has 4 nitrogen and oxygen atoms in total. The smallest absolute Gasteiger partial charge is 0.220 e. The molecular weight excluding hydrogens is 903 g/mol. The molecule has 0 heterocycles. The van der Waals surface area contributed by atoms with Crippen molar-refractivity contribution < 1.29 is 15.0 Å². The first-order valence-electron chi connectivity index (χ1n) is 33.5. The molecule has 2 atom stereocenters. The van der Waals surface area contributed by atoms with Crippen molar-refractivity contribution in [2.75, 3.05) is 6.61 Å². The predicted octanol–water partition coefficient (Wildman–Crippen LogP) is 22.7. The van der Waals surface area contributed by atoms with Gasteiger partial charge in [-0.1, -0.05) is 357 Å². The van der Waals surface area contributed by atoms with Gasteiger partial charge in [0.15, 0.2) is 0 Å². The maximum Gasteiger partial charge on any atom is 0.220 e. The number of aliphatic hydroxyl groups excluding tert-OH is 2. The van der Waals surface area contributed by atoms with Gasteiger partial charge in [-0.2, -0.15) is 0 Å². The van der Waals surface area contributed by atoms with E-state index in [0.29, 0.717) is 12.8 Å². The second-order valence-electron chi connectivity index (χ2n) is 22.9. The monoisotopic (exact) mass is 1030 g/mol. The maximum absolute atomic E-state index is 12.6. The number of amides is 1. The molecule has 0 aromatic heterocycles. The average Bonchev–Trinajstić information content (AvgIpc) is 3.40. The summed E-state index contributed by atoms with van der Waals surface area (Å²) in [6.07, 6.45) is 92.6. The molecule has 74 heavy (non-hydrogen) atoms. The summed E-state index contributed by atoms with van der Waals surface area (Å²) < 4.78 is 0. The lowest BCUT2D eigenvalue weighted by molar-refractivity contribution is -0.123. The Morgan fingerprint density at radius 3 is 0.892 bits per heavy atom. The van der Waals surface area contributed by atoms with E-state index in [4.69, 9.17) is 0 Å². The molecule has 0 radical (unpaired) electrons. The molecule has 0 aliphatic heterocycles. The predicted molar refractivity (Wildman–Crippen MR) is 331 cm³/mol. The molecule has 0 saturated carbocycles. The van der Waals surface area contributed by atoms with Gasteiger partial charge in [0, 0.05) is 6.42 Å². The van der Waals surface area contributed by atoms with Crippen molar-refractivity contribution in [2.45, 2.75) is 373 Å². The normalized spacial score (nSPS) is 13.1. The Morgan fingerprint density at radius 2 is 0.595 bits per heavy atom. The number of carbonyl (C=O) groups excluding carboxylic acids is 1. The SMILES string of the molecule is CC/C=C\C/C=C\C/C=C\C/C=C\C/C=C\CCCCCCCCCCCCCCCCCCCCCCCC(=O)NC(CO)C(O)CCCCCCCCCCCCCCCCCCCCCCCCCCC. The fraction of sp³-hybridized carbons (Fsp3) is 0.843. The zero-order valence-electron chi connectivity index (χ0n) is 50.1. The van der Waals surface area contributed by atoms with Crippen LogP contribution in [0.1, 0.15) is 361 Å². The number of hydrogen-bond donors (Lipinski definition) is 3. The van der Waals surface area contributed by atoms with Crippen LogP contribution in [0, 0.1) is 0 Å². The van der Waals surface area contributed by atoms with Crippen LogP contribution in [-0.2, 0) is 4.79 Å². The number of unbranched alkanes of at least 4 members (excludes halogenated alkanes) is 45. The molecule has 0 saturated heterocycles. The second-order valence-corrected chi connectivity index (χ2v) is 22.9. The number of nitrogens with one attached hydrogen (secondary N) is 1. The van der Waals surface area contributed by atoms with Gasteiger partial charge >= 0.3 is 0 Å². The summed E-state index contributed by atoms with van der Waals surface area (Å²) in [4.78, 5) is 12.6. The van der Waals surface area contributed by atoms with Crippen LogP contribution in [0.3, 0.4) is 0 Å². The molecule has 0 rings (SSSR count). The second kappa shape index (κ2) is 65.4. The fourth-order valence-corrected chi connectivity index (χ4v) is 10.5. The molecule has 0 bridgehead atoms. The van der Waals surface area contributed by atoms with Crippen molar-refractivity contribution in [3.05, 3.63) is 60.8 Å². The average molecular weight is 1030 g/mol. The van der Waals surface area contributed by atoms with E-state index in [-0.39, 0.29) is 12.5 Å². The molecular formula is C70H131NO3. The van der Waals surface area contributed by atoms with Gasteiger partial charge in [-0.05, 0) is 57.8 Å². The lowest BCUT2D eigenvalue weighted by atomic mass is 10.0. The minimum absolute atomic E-state index is 0.0246. The molecule has 0 fully saturated rings. The minimum atomic E-state index is -0.661. The van der Waals surface area contributed by atoms with Crippen molar-refractivity contribution in [3.63, 3.8) is 0 Å². The van der Waals surface area contributed by atoms with E-state index in [0.717, 1.165) is 57.8 Å². The van der Waals surface area contributed by atoms with Crippen molar-refractivity contribution in [1.82, 2.24) is 5.32 Å². The minimum Gasteiger partial charge on any atom is -0.394 e. The zero-order chi connectivity index (χ0) is 53.4. The van der Waals surface area contributed by atoms with Gasteiger partial charge in [0.25, 0.3) is 0 Å². The Balaban J connectivity index is 3.41. The Morgan fingerprint density at radius 1 is 0.338 bits per heavy atom. The van der Waals surface area contributed by atoms with Crippen molar-refractivity contribution in [2.24, 2.45) is 0 Å². The first kappa shape index (κ1) is 72.1. The van der Waals surface area contributed by atoms with E-state index >= 15 is 0 Å². The van der Waals surface area contributed by atoms with E-state index in [1.54, 1.807) is 0 Å². The van der Waals surface area contributed by atoms with E-state index in [2.05, 4.69) is 79.9 Å². The molecule has 434 valence electrons. The largest absolute Gasteiger partial charge is 0.394 e. The van der Waals surface area contributed by atoms with Crippen LogP contribution in [0.25, 0.3) is 0 Å². The Kier molecular flexibility index (Phi) is 63.7. The molecule has 1 amide bonds. The molecule has 0 aromatic rings. The Hall–Kier alpha value is -1.91. The van der Waals surface area contributed by atoms with Gasteiger partial charge in [0.1, 0.15) is 0 Å². The third kappa shape index (κ3) is 60.9. The Labute approximate surface area is 464 Å². The molecule has 0 aliphatic carbocycles. The van der Waals surface area contributed by atoms with Crippen molar-refractivity contribution >= 4 is 5.91 Å². The summed E-state index contributed by atoms with van der Waals surface area (Å²) in [6.45, 7) is 4.28. The first-order chi connectivity index (χ1) is 36.7. The Bertz CT molecular complexity index is 1220. The third-order valence-corrected chi connectivity index (χ3v) is 15.5. The van der Waals surface area contributed by atoms with Gasteiger partial charge < -0.3 is 15.5 Å². The van der Waals surface area contributed by atoms with E-state index < -0.39 is 12.1 Å². The number of aliphatic hydroxyl groups is 2. The van der Waals surface area contributed by atoms with Crippen LogP contribution in [0.15, 0.2) is 60.8 Å².